The van der Waals surface area contributed by atoms with Crippen molar-refractivity contribution in [3.8, 4) is 5.75 Å². The first-order chi connectivity index (χ1) is 18.1. The van der Waals surface area contributed by atoms with E-state index in [4.69, 9.17) is 4.74 Å². The van der Waals surface area contributed by atoms with Gasteiger partial charge in [-0.2, -0.15) is 0 Å². The monoisotopic (exact) mass is 497 g/mol. The number of ether oxygens (including phenoxy) is 1. The van der Waals surface area contributed by atoms with E-state index >= 15 is 0 Å². The fourth-order valence-corrected chi connectivity index (χ4v) is 4.81. The number of amides is 1. The Hall–Kier alpha value is -4.20. The number of benzene rings is 2. The van der Waals surface area contributed by atoms with Crippen molar-refractivity contribution in [1.29, 1.82) is 0 Å². The van der Waals surface area contributed by atoms with Crippen LogP contribution in [0.4, 0.5) is 5.82 Å². The Morgan fingerprint density at radius 3 is 2.57 bits per heavy atom. The smallest absolute Gasteiger partial charge is 0.295 e. The lowest BCUT2D eigenvalue weighted by atomic mass is 9.96. The summed E-state index contributed by atoms with van der Waals surface area (Å²) in [5.74, 6) is 1.14. The number of aromatic nitrogens is 3. The standard InChI is InChI=1S/C29H31N5O3/c1-2-37-25-13-7-6-11-23(25)19-31-28(35)22-14-17-33(18-15-22)27-29(36)34(20-21-9-4-3-5-10-21)26-24(32-27)12-8-16-30-26/h3-13,16,22H,2,14-15,17-20H2,1H3,(H,31,35). The van der Waals surface area contributed by atoms with E-state index in [1.165, 1.54) is 0 Å². The number of piperidine rings is 1. The molecule has 2 aromatic carbocycles. The zero-order valence-corrected chi connectivity index (χ0v) is 21.0. The van der Waals surface area contributed by atoms with Gasteiger partial charge < -0.3 is 15.0 Å². The number of hydrogen-bond donors (Lipinski definition) is 1. The number of nitrogens with one attached hydrogen (secondary N) is 1. The molecule has 37 heavy (non-hydrogen) atoms. The van der Waals surface area contributed by atoms with Crippen molar-refractivity contribution in [2.24, 2.45) is 5.92 Å². The number of carbonyl (C=O) groups is 1. The lowest BCUT2D eigenvalue weighted by Gasteiger charge is -2.32. The molecule has 0 spiro atoms. The molecule has 5 rings (SSSR count). The maximum absolute atomic E-state index is 13.6. The molecule has 190 valence electrons. The Labute approximate surface area is 215 Å². The van der Waals surface area contributed by atoms with Crippen LogP contribution in [0.15, 0.2) is 77.7 Å². The molecule has 1 amide bonds. The van der Waals surface area contributed by atoms with Gasteiger partial charge in [-0.1, -0.05) is 48.5 Å². The summed E-state index contributed by atoms with van der Waals surface area (Å²) in [7, 11) is 0. The average Bonchev–Trinajstić information content (AvgIpc) is 2.94. The molecule has 3 heterocycles. The SMILES string of the molecule is CCOc1ccccc1CNC(=O)C1CCN(c2nc3cccnc3n(Cc3ccccc3)c2=O)CC1. The van der Waals surface area contributed by atoms with Gasteiger partial charge in [0.15, 0.2) is 11.5 Å². The Morgan fingerprint density at radius 2 is 1.78 bits per heavy atom. The molecule has 1 aliphatic rings. The molecule has 0 atom stereocenters. The minimum atomic E-state index is -0.162. The molecule has 1 aliphatic heterocycles. The van der Waals surface area contributed by atoms with Gasteiger partial charge in [-0.25, -0.2) is 9.97 Å². The summed E-state index contributed by atoms with van der Waals surface area (Å²) in [6.45, 7) is 4.55. The van der Waals surface area contributed by atoms with E-state index in [1.807, 2.05) is 78.6 Å². The minimum Gasteiger partial charge on any atom is -0.494 e. The third-order valence-electron chi connectivity index (χ3n) is 6.76. The summed E-state index contributed by atoms with van der Waals surface area (Å²) in [6, 6.07) is 21.3. The third-order valence-corrected chi connectivity index (χ3v) is 6.76. The molecule has 0 aliphatic carbocycles. The number of para-hydroxylation sites is 1. The molecule has 1 fully saturated rings. The maximum atomic E-state index is 13.6. The first kappa shape index (κ1) is 24.5. The highest BCUT2D eigenvalue weighted by molar-refractivity contribution is 5.79. The van der Waals surface area contributed by atoms with Crippen molar-refractivity contribution in [3.05, 3.63) is 94.4 Å². The summed E-state index contributed by atoms with van der Waals surface area (Å²) in [6.07, 6.45) is 3.00. The number of pyridine rings is 1. The topological polar surface area (TPSA) is 89.3 Å². The van der Waals surface area contributed by atoms with E-state index in [-0.39, 0.29) is 17.4 Å². The largest absolute Gasteiger partial charge is 0.494 e. The second-order valence-corrected chi connectivity index (χ2v) is 9.18. The van der Waals surface area contributed by atoms with Gasteiger partial charge in [-0.15, -0.1) is 0 Å². The third kappa shape index (κ3) is 5.48. The summed E-state index contributed by atoms with van der Waals surface area (Å²) in [4.78, 5) is 37.6. The molecule has 8 nitrogen and oxygen atoms in total. The van der Waals surface area contributed by atoms with Crippen LogP contribution >= 0.6 is 0 Å². The first-order valence-corrected chi connectivity index (χ1v) is 12.8. The van der Waals surface area contributed by atoms with Crippen LogP contribution < -0.4 is 20.5 Å². The van der Waals surface area contributed by atoms with Crippen molar-refractivity contribution >= 4 is 22.9 Å². The van der Waals surface area contributed by atoms with E-state index in [2.05, 4.69) is 15.3 Å². The Bertz CT molecular complexity index is 1430. The average molecular weight is 498 g/mol. The second kappa shape index (κ2) is 11.2. The maximum Gasteiger partial charge on any atom is 0.295 e. The molecule has 1 saturated heterocycles. The van der Waals surface area contributed by atoms with E-state index < -0.39 is 0 Å². The molecular formula is C29H31N5O3. The highest BCUT2D eigenvalue weighted by Gasteiger charge is 2.28. The predicted octanol–water partition coefficient (Wildman–Crippen LogP) is 3.77. The van der Waals surface area contributed by atoms with Crippen LogP contribution in [0, 0.1) is 5.92 Å². The van der Waals surface area contributed by atoms with Gasteiger partial charge in [-0.3, -0.25) is 14.2 Å². The van der Waals surface area contributed by atoms with Crippen LogP contribution in [0.25, 0.3) is 11.2 Å². The van der Waals surface area contributed by atoms with E-state index in [0.29, 0.717) is 62.6 Å². The quantitative estimate of drug-likeness (QED) is 0.399. The predicted molar refractivity (Wildman–Crippen MR) is 144 cm³/mol. The lowest BCUT2D eigenvalue weighted by Crippen LogP contribution is -2.43. The molecule has 8 heteroatoms. The van der Waals surface area contributed by atoms with E-state index in [1.54, 1.807) is 10.8 Å². The van der Waals surface area contributed by atoms with Crippen LogP contribution in [0.1, 0.15) is 30.9 Å². The molecule has 0 unspecified atom stereocenters. The number of nitrogens with zero attached hydrogens (tertiary/aromatic N) is 4. The zero-order chi connectivity index (χ0) is 25.6. The van der Waals surface area contributed by atoms with Gasteiger partial charge in [0.25, 0.3) is 5.56 Å². The van der Waals surface area contributed by atoms with E-state index in [0.717, 1.165) is 16.9 Å². The summed E-state index contributed by atoms with van der Waals surface area (Å²) in [5.41, 5.74) is 3.08. The van der Waals surface area contributed by atoms with Crippen molar-refractivity contribution in [3.63, 3.8) is 0 Å². The van der Waals surface area contributed by atoms with Crippen LogP contribution in [0.5, 0.6) is 5.75 Å². The highest BCUT2D eigenvalue weighted by atomic mass is 16.5. The summed E-state index contributed by atoms with van der Waals surface area (Å²) in [5, 5.41) is 3.07. The number of carbonyl (C=O) groups excluding carboxylic acids is 1. The Balaban J connectivity index is 1.29. The molecule has 0 saturated carbocycles. The van der Waals surface area contributed by atoms with Crippen molar-refractivity contribution in [2.45, 2.75) is 32.9 Å². The lowest BCUT2D eigenvalue weighted by molar-refractivity contribution is -0.125. The Morgan fingerprint density at radius 1 is 1.03 bits per heavy atom. The number of anilines is 1. The number of fused-ring (bicyclic) bond motifs is 1. The van der Waals surface area contributed by atoms with Crippen molar-refractivity contribution in [1.82, 2.24) is 19.9 Å². The fourth-order valence-electron chi connectivity index (χ4n) is 4.81. The minimum absolute atomic E-state index is 0.0307. The zero-order valence-electron chi connectivity index (χ0n) is 21.0. The molecule has 2 aromatic heterocycles. The van der Waals surface area contributed by atoms with Crippen LogP contribution in [-0.2, 0) is 17.9 Å². The molecule has 4 aromatic rings. The van der Waals surface area contributed by atoms with Gasteiger partial charge >= 0.3 is 0 Å². The van der Waals surface area contributed by atoms with Gasteiger partial charge in [0, 0.05) is 37.3 Å². The molecule has 0 bridgehead atoms. The van der Waals surface area contributed by atoms with Crippen molar-refractivity contribution < 1.29 is 9.53 Å². The number of hydrogen-bond acceptors (Lipinski definition) is 6. The van der Waals surface area contributed by atoms with Gasteiger partial charge in [0.1, 0.15) is 11.3 Å². The number of rotatable bonds is 8. The summed E-state index contributed by atoms with van der Waals surface area (Å²) < 4.78 is 7.36. The fraction of sp³-hybridized carbons (Fsp3) is 0.310. The van der Waals surface area contributed by atoms with Crippen molar-refractivity contribution in [2.75, 3.05) is 24.6 Å². The van der Waals surface area contributed by atoms with Crippen LogP contribution in [0.2, 0.25) is 0 Å². The molecule has 0 radical (unpaired) electrons. The molecular weight excluding hydrogens is 466 g/mol. The normalized spacial score (nSPS) is 14.0. The van der Waals surface area contributed by atoms with E-state index in [9.17, 15) is 9.59 Å². The first-order valence-electron chi connectivity index (χ1n) is 12.8. The summed E-state index contributed by atoms with van der Waals surface area (Å²) >= 11 is 0. The van der Waals surface area contributed by atoms with Gasteiger partial charge in [-0.05, 0) is 43.5 Å². The van der Waals surface area contributed by atoms with Crippen LogP contribution in [-0.4, -0.2) is 40.1 Å². The highest BCUT2D eigenvalue weighted by Crippen LogP contribution is 2.23. The Kier molecular flexibility index (Phi) is 7.44. The van der Waals surface area contributed by atoms with Gasteiger partial charge in [0.05, 0.1) is 13.2 Å². The second-order valence-electron chi connectivity index (χ2n) is 9.18. The van der Waals surface area contributed by atoms with Gasteiger partial charge in [0.2, 0.25) is 5.91 Å². The van der Waals surface area contributed by atoms with Crippen LogP contribution in [0.3, 0.4) is 0 Å². The molecule has 1 N–H and O–H groups in total.